The first-order valence-electron chi connectivity index (χ1n) is 3.80. The average Bonchev–Trinajstić information content (AvgIpc) is 2.01. The molecule has 3 nitrogen and oxygen atoms in total. The summed E-state index contributed by atoms with van der Waals surface area (Å²) in [5.74, 6) is -1.10. The minimum absolute atomic E-state index is 0.105. The maximum absolute atomic E-state index is 10.8. The molecular weight excluding hydrogens is 234 g/mol. The van der Waals surface area contributed by atoms with Crippen LogP contribution < -0.4 is 0 Å². The molecule has 68 valence electrons. The van der Waals surface area contributed by atoms with Crippen LogP contribution in [0.2, 0.25) is 0 Å². The van der Waals surface area contributed by atoms with E-state index in [1.54, 1.807) is 13.0 Å². The molecule has 0 aliphatic heterocycles. The molecule has 0 fully saturated rings. The van der Waals surface area contributed by atoms with Crippen molar-refractivity contribution in [2.45, 2.75) is 13.3 Å². The first-order valence-corrected chi connectivity index (χ1v) is 4.59. The summed E-state index contributed by atoms with van der Waals surface area (Å²) in [4.78, 5) is 10.8. The fourth-order valence-electron chi connectivity index (χ4n) is 1.37. The summed E-state index contributed by atoms with van der Waals surface area (Å²) < 4.78 is 0.876. The smallest absolute Gasteiger partial charge is 0.333 e. The molecule has 0 spiro atoms. The van der Waals surface area contributed by atoms with E-state index in [-0.39, 0.29) is 17.1 Å². The Balaban J connectivity index is 3.22. The minimum Gasteiger partial charge on any atom is -0.478 e. The zero-order chi connectivity index (χ0) is 10.0. The topological polar surface area (TPSA) is 61.1 Å². The van der Waals surface area contributed by atoms with Crippen molar-refractivity contribution in [3.05, 3.63) is 21.7 Å². The summed E-state index contributed by atoms with van der Waals surface area (Å²) in [6.07, 6.45) is 2.22. The van der Waals surface area contributed by atoms with Crippen molar-refractivity contribution in [3.63, 3.8) is 0 Å². The van der Waals surface area contributed by atoms with Crippen molar-refractivity contribution in [3.8, 4) is 6.07 Å². The van der Waals surface area contributed by atoms with E-state index in [1.165, 1.54) is 0 Å². The third-order valence-electron chi connectivity index (χ3n) is 1.94. The van der Waals surface area contributed by atoms with Gasteiger partial charge in [-0.3, -0.25) is 0 Å². The van der Waals surface area contributed by atoms with E-state index < -0.39 is 5.97 Å². The van der Waals surface area contributed by atoms with Gasteiger partial charge in [-0.05, 0) is 22.9 Å². The van der Waals surface area contributed by atoms with Crippen LogP contribution in [0.15, 0.2) is 21.7 Å². The number of carboxylic acids is 1. The highest BCUT2D eigenvalue weighted by Gasteiger charge is 2.24. The molecule has 4 heteroatoms. The van der Waals surface area contributed by atoms with E-state index in [9.17, 15) is 4.79 Å². The van der Waals surface area contributed by atoms with Crippen molar-refractivity contribution < 1.29 is 9.90 Å². The molecular formula is C9H8BrNO2. The molecule has 1 N–H and O–H groups in total. The number of hydrogen-bond donors (Lipinski definition) is 1. The summed E-state index contributed by atoms with van der Waals surface area (Å²) in [5.41, 5.74) is 0.462. The van der Waals surface area contributed by atoms with Gasteiger partial charge >= 0.3 is 5.97 Å². The van der Waals surface area contributed by atoms with E-state index in [2.05, 4.69) is 15.9 Å². The van der Waals surface area contributed by atoms with Crippen LogP contribution in [0.1, 0.15) is 13.3 Å². The van der Waals surface area contributed by atoms with E-state index in [0.29, 0.717) is 6.42 Å². The van der Waals surface area contributed by atoms with Gasteiger partial charge in [-0.25, -0.2) is 4.79 Å². The number of hydrogen-bond acceptors (Lipinski definition) is 2. The molecule has 1 aliphatic rings. The molecule has 0 aromatic heterocycles. The van der Waals surface area contributed by atoms with Crippen LogP contribution in [0, 0.1) is 17.2 Å². The van der Waals surface area contributed by atoms with Crippen LogP contribution in [-0.4, -0.2) is 11.1 Å². The first-order chi connectivity index (χ1) is 6.06. The van der Waals surface area contributed by atoms with Gasteiger partial charge in [-0.1, -0.05) is 22.9 Å². The summed E-state index contributed by atoms with van der Waals surface area (Å²) in [7, 11) is 0. The SMILES string of the molecule is CC1CC(Br)=CC(C#N)=C1C(=O)O. The molecule has 13 heavy (non-hydrogen) atoms. The van der Waals surface area contributed by atoms with Crippen LogP contribution in [0.5, 0.6) is 0 Å². The summed E-state index contributed by atoms with van der Waals surface area (Å²) in [5, 5.41) is 17.6. The Bertz CT molecular complexity index is 349. The van der Waals surface area contributed by atoms with Crippen molar-refractivity contribution in [2.75, 3.05) is 0 Å². The van der Waals surface area contributed by atoms with Gasteiger partial charge in [0.25, 0.3) is 0 Å². The van der Waals surface area contributed by atoms with Crippen molar-refractivity contribution >= 4 is 21.9 Å². The molecule has 0 radical (unpaired) electrons. The Hall–Kier alpha value is -1.08. The summed E-state index contributed by atoms with van der Waals surface area (Å²) >= 11 is 3.27. The van der Waals surface area contributed by atoms with Crippen molar-refractivity contribution in [2.24, 2.45) is 5.92 Å². The maximum Gasteiger partial charge on any atom is 0.333 e. The lowest BCUT2D eigenvalue weighted by Gasteiger charge is -2.17. The van der Waals surface area contributed by atoms with Crippen molar-refractivity contribution in [1.82, 2.24) is 0 Å². The molecule has 0 bridgehead atoms. The molecule has 1 atom stereocenters. The van der Waals surface area contributed by atoms with E-state index >= 15 is 0 Å². The van der Waals surface area contributed by atoms with Gasteiger partial charge in [-0.2, -0.15) is 5.26 Å². The van der Waals surface area contributed by atoms with Crippen LogP contribution >= 0.6 is 15.9 Å². The second-order valence-corrected chi connectivity index (χ2v) is 3.96. The molecule has 1 unspecified atom stereocenters. The molecule has 1 aliphatic carbocycles. The molecule has 0 saturated heterocycles. The van der Waals surface area contributed by atoms with E-state index in [4.69, 9.17) is 10.4 Å². The largest absolute Gasteiger partial charge is 0.478 e. The average molecular weight is 242 g/mol. The predicted octanol–water partition coefficient (Wildman–Crippen LogP) is 2.21. The van der Waals surface area contributed by atoms with Gasteiger partial charge in [0.2, 0.25) is 0 Å². The molecule has 0 aromatic carbocycles. The maximum atomic E-state index is 10.8. The lowest BCUT2D eigenvalue weighted by molar-refractivity contribution is -0.133. The highest BCUT2D eigenvalue weighted by atomic mass is 79.9. The Labute approximate surface area is 84.5 Å². The van der Waals surface area contributed by atoms with Gasteiger partial charge in [0, 0.05) is 0 Å². The van der Waals surface area contributed by atoms with Gasteiger partial charge in [0.15, 0.2) is 0 Å². The lowest BCUT2D eigenvalue weighted by Crippen LogP contribution is -2.15. The highest BCUT2D eigenvalue weighted by molar-refractivity contribution is 9.11. The van der Waals surface area contributed by atoms with Crippen molar-refractivity contribution in [1.29, 1.82) is 5.26 Å². The number of halogens is 1. The number of carboxylic acid groups (broad SMARTS) is 1. The van der Waals surface area contributed by atoms with Gasteiger partial charge < -0.3 is 5.11 Å². The van der Waals surface area contributed by atoms with Crippen LogP contribution in [0.4, 0.5) is 0 Å². The normalized spacial score (nSPS) is 22.2. The first kappa shape index (κ1) is 10.0. The summed E-state index contributed by atoms with van der Waals surface area (Å²) in [6, 6.07) is 1.89. The quantitative estimate of drug-likeness (QED) is 0.766. The third kappa shape index (κ3) is 1.99. The molecule has 0 amide bonds. The number of carbonyl (C=O) groups is 1. The van der Waals surface area contributed by atoms with Gasteiger partial charge in [0.05, 0.1) is 17.2 Å². The second kappa shape index (κ2) is 3.75. The number of nitrogens with zero attached hydrogens (tertiary/aromatic N) is 1. The predicted molar refractivity (Wildman–Crippen MR) is 51.1 cm³/mol. The standard InChI is InChI=1S/C9H8BrNO2/c1-5-2-7(10)3-6(4-11)8(5)9(12)13/h3,5H,2H2,1H3,(H,12,13). The fourth-order valence-corrected chi connectivity index (χ4v) is 2.09. The second-order valence-electron chi connectivity index (χ2n) is 2.94. The van der Waals surface area contributed by atoms with Gasteiger partial charge in [-0.15, -0.1) is 0 Å². The zero-order valence-corrected chi connectivity index (χ0v) is 8.63. The third-order valence-corrected chi connectivity index (χ3v) is 2.49. The Kier molecular flexibility index (Phi) is 2.89. The highest BCUT2D eigenvalue weighted by Crippen LogP contribution is 2.31. The van der Waals surface area contributed by atoms with Crippen LogP contribution in [0.3, 0.4) is 0 Å². The Morgan fingerprint density at radius 2 is 2.46 bits per heavy atom. The number of nitriles is 1. The van der Waals surface area contributed by atoms with E-state index in [1.807, 2.05) is 6.07 Å². The van der Waals surface area contributed by atoms with E-state index in [0.717, 1.165) is 4.48 Å². The number of rotatable bonds is 1. The van der Waals surface area contributed by atoms with Crippen LogP contribution in [-0.2, 0) is 4.79 Å². The molecule has 0 aromatic rings. The van der Waals surface area contributed by atoms with Gasteiger partial charge in [0.1, 0.15) is 0 Å². The van der Waals surface area contributed by atoms with Crippen LogP contribution in [0.25, 0.3) is 0 Å². The monoisotopic (exact) mass is 241 g/mol. The zero-order valence-electron chi connectivity index (χ0n) is 7.04. The molecule has 1 rings (SSSR count). The lowest BCUT2D eigenvalue weighted by atomic mass is 9.89. The minimum atomic E-state index is -1.000. The number of allylic oxidation sites excluding steroid dienone is 3. The Morgan fingerprint density at radius 1 is 1.85 bits per heavy atom. The fraction of sp³-hybridized carbons (Fsp3) is 0.333. The Morgan fingerprint density at radius 3 is 2.92 bits per heavy atom. The molecule has 0 saturated carbocycles. The molecule has 0 heterocycles. The summed E-state index contributed by atoms with van der Waals surface area (Å²) in [6.45, 7) is 1.80. The number of aliphatic carboxylic acids is 1.